The summed E-state index contributed by atoms with van der Waals surface area (Å²) >= 11 is 12.2. The van der Waals surface area contributed by atoms with Gasteiger partial charge in [-0.05, 0) is 25.5 Å². The minimum Gasteiger partial charge on any atom is -0.373 e. The molecule has 0 fully saturated rings. The van der Waals surface area contributed by atoms with Gasteiger partial charge in [-0.15, -0.1) is 0 Å². The number of benzene rings is 1. The summed E-state index contributed by atoms with van der Waals surface area (Å²) in [6.45, 7) is 4.06. The SMILES string of the molecule is CCc1c(C)nc(-c2cccc(Cl)c2Cl)nc1NC. The van der Waals surface area contributed by atoms with Crippen molar-refractivity contribution >= 4 is 29.0 Å². The Labute approximate surface area is 123 Å². The molecule has 1 N–H and O–H groups in total. The predicted molar refractivity (Wildman–Crippen MR) is 81.1 cm³/mol. The maximum absolute atomic E-state index is 6.22. The molecule has 0 aliphatic carbocycles. The minimum atomic E-state index is 0.481. The lowest BCUT2D eigenvalue weighted by molar-refractivity contribution is 1.00. The fraction of sp³-hybridized carbons (Fsp3) is 0.286. The number of aromatic nitrogens is 2. The molecule has 5 heteroatoms. The van der Waals surface area contributed by atoms with Crippen LogP contribution in [0.2, 0.25) is 10.0 Å². The number of nitrogens with one attached hydrogen (secondary N) is 1. The Kier molecular flexibility index (Phi) is 4.27. The topological polar surface area (TPSA) is 37.8 Å². The molecule has 0 aliphatic heterocycles. The van der Waals surface area contributed by atoms with Crippen molar-refractivity contribution in [1.29, 1.82) is 0 Å². The zero-order chi connectivity index (χ0) is 14.0. The summed E-state index contributed by atoms with van der Waals surface area (Å²) in [5.41, 5.74) is 2.81. The van der Waals surface area contributed by atoms with Gasteiger partial charge in [-0.3, -0.25) is 0 Å². The van der Waals surface area contributed by atoms with Gasteiger partial charge in [-0.1, -0.05) is 36.2 Å². The van der Waals surface area contributed by atoms with Crippen molar-refractivity contribution in [3.05, 3.63) is 39.5 Å². The normalized spacial score (nSPS) is 10.6. The zero-order valence-electron chi connectivity index (χ0n) is 11.1. The van der Waals surface area contributed by atoms with Crippen molar-refractivity contribution < 1.29 is 0 Å². The van der Waals surface area contributed by atoms with Gasteiger partial charge in [-0.2, -0.15) is 0 Å². The van der Waals surface area contributed by atoms with Gasteiger partial charge in [0, 0.05) is 23.9 Å². The summed E-state index contributed by atoms with van der Waals surface area (Å²) in [4.78, 5) is 9.06. The van der Waals surface area contributed by atoms with Crippen molar-refractivity contribution in [2.45, 2.75) is 20.3 Å². The highest BCUT2D eigenvalue weighted by Crippen LogP contribution is 2.32. The van der Waals surface area contributed by atoms with Crippen LogP contribution in [-0.4, -0.2) is 17.0 Å². The van der Waals surface area contributed by atoms with Crippen LogP contribution in [0.15, 0.2) is 18.2 Å². The standard InChI is InChI=1S/C14H15Cl2N3/c1-4-9-8(2)18-14(19-13(9)17-3)10-6-5-7-11(15)12(10)16/h5-7H,4H2,1-3H3,(H,17,18,19). The third kappa shape index (κ3) is 2.67. The molecule has 0 spiro atoms. The highest BCUT2D eigenvalue weighted by atomic mass is 35.5. The maximum atomic E-state index is 6.22. The van der Waals surface area contributed by atoms with Crippen LogP contribution < -0.4 is 5.32 Å². The first-order chi connectivity index (χ1) is 9.08. The van der Waals surface area contributed by atoms with Crippen LogP contribution in [0, 0.1) is 6.92 Å². The summed E-state index contributed by atoms with van der Waals surface area (Å²) < 4.78 is 0. The van der Waals surface area contributed by atoms with Gasteiger partial charge in [0.05, 0.1) is 10.0 Å². The van der Waals surface area contributed by atoms with Crippen molar-refractivity contribution in [2.24, 2.45) is 0 Å². The van der Waals surface area contributed by atoms with E-state index in [-0.39, 0.29) is 0 Å². The average molecular weight is 296 g/mol. The first-order valence-electron chi connectivity index (χ1n) is 6.08. The van der Waals surface area contributed by atoms with Crippen LogP contribution >= 0.6 is 23.2 Å². The van der Waals surface area contributed by atoms with E-state index in [9.17, 15) is 0 Å². The van der Waals surface area contributed by atoms with Crippen molar-refractivity contribution in [3.63, 3.8) is 0 Å². The molecule has 0 saturated heterocycles. The largest absolute Gasteiger partial charge is 0.373 e. The number of rotatable bonds is 3. The lowest BCUT2D eigenvalue weighted by atomic mass is 10.1. The van der Waals surface area contributed by atoms with E-state index in [0.717, 1.165) is 29.1 Å². The van der Waals surface area contributed by atoms with Gasteiger partial charge in [0.25, 0.3) is 0 Å². The molecule has 0 bridgehead atoms. The van der Waals surface area contributed by atoms with Gasteiger partial charge in [0.1, 0.15) is 5.82 Å². The van der Waals surface area contributed by atoms with Crippen molar-refractivity contribution in [1.82, 2.24) is 9.97 Å². The van der Waals surface area contributed by atoms with Gasteiger partial charge in [-0.25, -0.2) is 9.97 Å². The molecule has 2 rings (SSSR count). The number of anilines is 1. The van der Waals surface area contributed by atoms with Crippen LogP contribution in [0.5, 0.6) is 0 Å². The predicted octanol–water partition coefficient (Wildman–Crippen LogP) is 4.36. The van der Waals surface area contributed by atoms with E-state index in [2.05, 4.69) is 22.2 Å². The Balaban J connectivity index is 2.63. The molecule has 0 saturated carbocycles. The molecule has 19 heavy (non-hydrogen) atoms. The highest BCUT2D eigenvalue weighted by Gasteiger charge is 2.14. The summed E-state index contributed by atoms with van der Waals surface area (Å²) in [6, 6.07) is 5.46. The second kappa shape index (κ2) is 5.76. The summed E-state index contributed by atoms with van der Waals surface area (Å²) in [6.07, 6.45) is 0.881. The number of nitrogens with zero attached hydrogens (tertiary/aromatic N) is 2. The van der Waals surface area contributed by atoms with Gasteiger partial charge in [0.15, 0.2) is 5.82 Å². The highest BCUT2D eigenvalue weighted by molar-refractivity contribution is 6.43. The zero-order valence-corrected chi connectivity index (χ0v) is 12.6. The first-order valence-corrected chi connectivity index (χ1v) is 6.83. The lowest BCUT2D eigenvalue weighted by Gasteiger charge is -2.12. The first kappa shape index (κ1) is 14.1. The second-order valence-electron chi connectivity index (χ2n) is 4.16. The Hall–Kier alpha value is -1.32. The van der Waals surface area contributed by atoms with Crippen LogP contribution in [0.25, 0.3) is 11.4 Å². The Morgan fingerprint density at radius 2 is 1.95 bits per heavy atom. The Bertz CT molecular complexity index is 612. The minimum absolute atomic E-state index is 0.481. The van der Waals surface area contributed by atoms with E-state index in [1.807, 2.05) is 26.1 Å². The van der Waals surface area contributed by atoms with E-state index in [0.29, 0.717) is 15.9 Å². The number of halogens is 2. The Morgan fingerprint density at radius 3 is 2.58 bits per heavy atom. The van der Waals surface area contributed by atoms with E-state index in [4.69, 9.17) is 23.2 Å². The van der Waals surface area contributed by atoms with E-state index in [1.165, 1.54) is 0 Å². The Morgan fingerprint density at radius 1 is 1.21 bits per heavy atom. The molecule has 2 aromatic rings. The smallest absolute Gasteiger partial charge is 0.163 e. The molecule has 0 atom stereocenters. The van der Waals surface area contributed by atoms with Crippen LogP contribution in [0.3, 0.4) is 0 Å². The molecule has 0 radical (unpaired) electrons. The molecule has 0 amide bonds. The third-order valence-electron chi connectivity index (χ3n) is 3.00. The molecule has 0 unspecified atom stereocenters. The fourth-order valence-corrected chi connectivity index (χ4v) is 2.41. The van der Waals surface area contributed by atoms with Crippen LogP contribution in [-0.2, 0) is 6.42 Å². The van der Waals surface area contributed by atoms with Gasteiger partial charge in [0.2, 0.25) is 0 Å². The quantitative estimate of drug-likeness (QED) is 0.914. The third-order valence-corrected chi connectivity index (χ3v) is 3.82. The molecule has 1 aromatic carbocycles. The molecule has 1 heterocycles. The molecule has 1 aromatic heterocycles. The van der Waals surface area contributed by atoms with Crippen molar-refractivity contribution in [2.75, 3.05) is 12.4 Å². The lowest BCUT2D eigenvalue weighted by Crippen LogP contribution is -2.05. The molecular weight excluding hydrogens is 281 g/mol. The summed E-state index contributed by atoms with van der Waals surface area (Å²) in [5.74, 6) is 1.42. The van der Waals surface area contributed by atoms with Crippen LogP contribution in [0.1, 0.15) is 18.2 Å². The van der Waals surface area contributed by atoms with E-state index >= 15 is 0 Å². The average Bonchev–Trinajstić information content (AvgIpc) is 2.40. The van der Waals surface area contributed by atoms with E-state index in [1.54, 1.807) is 6.07 Å². The second-order valence-corrected chi connectivity index (χ2v) is 4.95. The number of hydrogen-bond acceptors (Lipinski definition) is 3. The molecule has 3 nitrogen and oxygen atoms in total. The van der Waals surface area contributed by atoms with E-state index < -0.39 is 0 Å². The molecule has 100 valence electrons. The number of aryl methyl sites for hydroxylation is 1. The van der Waals surface area contributed by atoms with Gasteiger partial charge >= 0.3 is 0 Å². The van der Waals surface area contributed by atoms with Gasteiger partial charge < -0.3 is 5.32 Å². The fourth-order valence-electron chi connectivity index (χ4n) is 2.02. The molecule has 0 aliphatic rings. The van der Waals surface area contributed by atoms with Crippen molar-refractivity contribution in [3.8, 4) is 11.4 Å². The maximum Gasteiger partial charge on any atom is 0.163 e. The van der Waals surface area contributed by atoms with Crippen LogP contribution in [0.4, 0.5) is 5.82 Å². The summed E-state index contributed by atoms with van der Waals surface area (Å²) in [5, 5.41) is 4.09. The number of hydrogen-bond donors (Lipinski definition) is 1. The molecular formula is C14H15Cl2N3. The summed E-state index contributed by atoms with van der Waals surface area (Å²) in [7, 11) is 1.85. The monoisotopic (exact) mass is 295 g/mol.